The molecule has 0 heterocycles. The monoisotopic (exact) mass is 302 g/mol. The molecule has 0 fully saturated rings. The third kappa shape index (κ3) is 12.1. The Morgan fingerprint density at radius 3 is 1.62 bits per heavy atom. The normalized spacial score (nSPS) is 15.1. The van der Waals surface area contributed by atoms with Gasteiger partial charge in [-0.05, 0) is 13.3 Å². The molecule has 3 nitrogen and oxygen atoms in total. The minimum atomic E-state index is -0.423. The maximum atomic E-state index is 9.77. The van der Waals surface area contributed by atoms with E-state index in [0.29, 0.717) is 4.48 Å². The molecular formula is C18H40NO2+. The van der Waals surface area contributed by atoms with Crippen molar-refractivity contribution < 1.29 is 14.3 Å². The Balaban J connectivity index is 3.43. The Kier molecular flexibility index (Phi) is 12.4. The molecule has 3 heteroatoms. The summed E-state index contributed by atoms with van der Waals surface area (Å²) in [6.07, 6.45) is 12.8. The van der Waals surface area contributed by atoms with Crippen molar-refractivity contribution >= 4 is 0 Å². The molecule has 0 aliphatic heterocycles. The average Bonchev–Trinajstić information content (AvgIpc) is 2.38. The summed E-state index contributed by atoms with van der Waals surface area (Å²) >= 11 is 0. The van der Waals surface area contributed by atoms with Crippen molar-refractivity contribution in [3.63, 3.8) is 0 Å². The number of hydrogen-bond acceptors (Lipinski definition) is 2. The number of nitrogens with zero attached hydrogens (tertiary/aromatic N) is 1. The quantitative estimate of drug-likeness (QED) is 0.294. The number of aliphatic hydroxyl groups is 1. The fraction of sp³-hybridized carbons (Fsp3) is 1.00. The molecule has 2 unspecified atom stereocenters. The topological polar surface area (TPSA) is 29.5 Å². The molecule has 0 amide bonds. The lowest BCUT2D eigenvalue weighted by molar-refractivity contribution is -0.923. The second-order valence-electron chi connectivity index (χ2n) is 7.30. The lowest BCUT2D eigenvalue weighted by Crippen LogP contribution is -2.52. The molecule has 0 spiro atoms. The van der Waals surface area contributed by atoms with E-state index < -0.39 is 6.10 Å². The summed E-state index contributed by atoms with van der Waals surface area (Å²) < 4.78 is 6.51. The van der Waals surface area contributed by atoms with Gasteiger partial charge in [0.05, 0.1) is 27.7 Å². The summed E-state index contributed by atoms with van der Waals surface area (Å²) in [7, 11) is 6.20. The molecule has 128 valence electrons. The largest absolute Gasteiger partial charge is 0.384 e. The van der Waals surface area contributed by atoms with Crippen LogP contribution in [0.5, 0.6) is 0 Å². The van der Waals surface area contributed by atoms with Crippen LogP contribution in [-0.4, -0.2) is 49.7 Å². The number of quaternary nitrogens is 1. The van der Waals surface area contributed by atoms with Crippen LogP contribution in [-0.2, 0) is 4.74 Å². The molecule has 0 aromatic heterocycles. The SMILES string of the molecule is CCCCCCCCCCCCOC(C(C)O)[N+](C)(C)C. The van der Waals surface area contributed by atoms with Crippen LogP contribution in [0.4, 0.5) is 0 Å². The number of unbranched alkanes of at least 4 members (excludes halogenated alkanes) is 9. The highest BCUT2D eigenvalue weighted by atomic mass is 16.5. The minimum absolute atomic E-state index is 0.122. The molecule has 21 heavy (non-hydrogen) atoms. The number of rotatable bonds is 14. The highest BCUT2D eigenvalue weighted by molar-refractivity contribution is 4.53. The second-order valence-corrected chi connectivity index (χ2v) is 7.30. The van der Waals surface area contributed by atoms with Crippen LogP contribution in [0.1, 0.15) is 78.1 Å². The zero-order valence-corrected chi connectivity index (χ0v) is 15.2. The molecule has 0 aliphatic carbocycles. The first-order chi connectivity index (χ1) is 9.89. The van der Waals surface area contributed by atoms with Crippen molar-refractivity contribution in [2.45, 2.75) is 90.4 Å². The molecule has 0 saturated carbocycles. The summed E-state index contributed by atoms with van der Waals surface area (Å²) in [4.78, 5) is 0. The van der Waals surface area contributed by atoms with Crippen molar-refractivity contribution in [3.8, 4) is 0 Å². The van der Waals surface area contributed by atoms with Gasteiger partial charge in [-0.15, -0.1) is 0 Å². The predicted molar refractivity (Wildman–Crippen MR) is 91.3 cm³/mol. The molecule has 0 radical (unpaired) electrons. The Morgan fingerprint density at radius 2 is 1.24 bits per heavy atom. The van der Waals surface area contributed by atoms with E-state index in [2.05, 4.69) is 28.1 Å². The molecule has 0 aromatic carbocycles. The number of likely N-dealkylation sites (N-methyl/N-ethyl adjacent to an activating group) is 1. The lowest BCUT2D eigenvalue weighted by Gasteiger charge is -2.35. The van der Waals surface area contributed by atoms with E-state index in [9.17, 15) is 5.11 Å². The molecule has 0 saturated heterocycles. The summed E-state index contributed by atoms with van der Waals surface area (Å²) in [5.41, 5.74) is 0. The molecule has 0 aromatic rings. The number of hydrogen-bond donors (Lipinski definition) is 1. The van der Waals surface area contributed by atoms with Gasteiger partial charge in [-0.3, -0.25) is 0 Å². The van der Waals surface area contributed by atoms with Crippen molar-refractivity contribution in [2.75, 3.05) is 27.7 Å². The van der Waals surface area contributed by atoms with Gasteiger partial charge in [-0.2, -0.15) is 0 Å². The van der Waals surface area contributed by atoms with Gasteiger partial charge in [-0.1, -0.05) is 64.7 Å². The second kappa shape index (κ2) is 12.4. The van der Waals surface area contributed by atoms with E-state index in [0.717, 1.165) is 13.0 Å². The third-order valence-corrected chi connectivity index (χ3v) is 3.96. The van der Waals surface area contributed by atoms with Crippen LogP contribution < -0.4 is 0 Å². The van der Waals surface area contributed by atoms with Crippen LogP contribution in [0.3, 0.4) is 0 Å². The maximum Gasteiger partial charge on any atom is 0.218 e. The van der Waals surface area contributed by atoms with Crippen LogP contribution in [0.15, 0.2) is 0 Å². The molecule has 0 aliphatic rings. The number of ether oxygens (including phenoxy) is 1. The van der Waals surface area contributed by atoms with Gasteiger partial charge in [-0.25, -0.2) is 0 Å². The van der Waals surface area contributed by atoms with Gasteiger partial charge < -0.3 is 14.3 Å². The number of aliphatic hydroxyl groups excluding tert-OH is 1. The predicted octanol–water partition coefficient (Wildman–Crippen LogP) is 4.34. The van der Waals surface area contributed by atoms with E-state index in [1.54, 1.807) is 0 Å². The Morgan fingerprint density at radius 1 is 0.810 bits per heavy atom. The summed E-state index contributed by atoms with van der Waals surface area (Å²) in [5.74, 6) is 0. The van der Waals surface area contributed by atoms with Crippen molar-refractivity contribution in [2.24, 2.45) is 0 Å². The van der Waals surface area contributed by atoms with Crippen LogP contribution in [0, 0.1) is 0 Å². The highest BCUT2D eigenvalue weighted by Gasteiger charge is 2.29. The van der Waals surface area contributed by atoms with Crippen molar-refractivity contribution in [1.82, 2.24) is 0 Å². The van der Waals surface area contributed by atoms with E-state index in [4.69, 9.17) is 4.74 Å². The molecular weight excluding hydrogens is 262 g/mol. The lowest BCUT2D eigenvalue weighted by atomic mass is 10.1. The van der Waals surface area contributed by atoms with Gasteiger partial charge in [0.25, 0.3) is 0 Å². The Labute approximate surface area is 133 Å². The maximum absolute atomic E-state index is 9.77. The smallest absolute Gasteiger partial charge is 0.218 e. The first-order valence-electron chi connectivity index (χ1n) is 9.00. The van der Waals surface area contributed by atoms with Crippen molar-refractivity contribution in [3.05, 3.63) is 0 Å². The fourth-order valence-corrected chi connectivity index (χ4v) is 2.80. The van der Waals surface area contributed by atoms with Gasteiger partial charge in [0.1, 0.15) is 6.10 Å². The van der Waals surface area contributed by atoms with Gasteiger partial charge >= 0.3 is 0 Å². The Hall–Kier alpha value is -0.120. The molecule has 2 atom stereocenters. The highest BCUT2D eigenvalue weighted by Crippen LogP contribution is 2.13. The van der Waals surface area contributed by atoms with Crippen LogP contribution in [0.2, 0.25) is 0 Å². The Bertz CT molecular complexity index is 224. The van der Waals surface area contributed by atoms with Crippen LogP contribution >= 0.6 is 0 Å². The van der Waals surface area contributed by atoms with E-state index in [1.807, 2.05) is 6.92 Å². The molecule has 0 bridgehead atoms. The van der Waals surface area contributed by atoms with E-state index >= 15 is 0 Å². The summed E-state index contributed by atoms with van der Waals surface area (Å²) in [5, 5.41) is 9.77. The van der Waals surface area contributed by atoms with Crippen molar-refractivity contribution in [1.29, 1.82) is 0 Å². The zero-order chi connectivity index (χ0) is 16.1. The summed E-state index contributed by atoms with van der Waals surface area (Å²) in [6.45, 7) is 4.84. The van der Waals surface area contributed by atoms with Gasteiger partial charge in [0, 0.05) is 0 Å². The summed E-state index contributed by atoms with van der Waals surface area (Å²) in [6, 6.07) is 0. The average molecular weight is 303 g/mol. The molecule has 0 rings (SSSR count). The first kappa shape index (κ1) is 20.9. The molecule has 1 N–H and O–H groups in total. The third-order valence-electron chi connectivity index (χ3n) is 3.96. The van der Waals surface area contributed by atoms with Gasteiger partial charge in [0.2, 0.25) is 6.23 Å². The van der Waals surface area contributed by atoms with Gasteiger partial charge in [0.15, 0.2) is 0 Å². The zero-order valence-electron chi connectivity index (χ0n) is 15.2. The minimum Gasteiger partial charge on any atom is -0.384 e. The van der Waals surface area contributed by atoms with E-state index in [1.165, 1.54) is 57.8 Å². The van der Waals surface area contributed by atoms with Crippen LogP contribution in [0.25, 0.3) is 0 Å². The first-order valence-corrected chi connectivity index (χ1v) is 9.00. The standard InChI is InChI=1S/C18H40NO2/c1-6-7-8-9-10-11-12-13-14-15-16-21-18(17(2)20)19(3,4)5/h17-18,20H,6-16H2,1-5H3/q+1. The van der Waals surface area contributed by atoms with E-state index in [-0.39, 0.29) is 6.23 Å². The fourth-order valence-electron chi connectivity index (χ4n) is 2.80.